The van der Waals surface area contributed by atoms with Gasteiger partial charge in [0, 0.05) is 17.5 Å². The second-order valence-corrected chi connectivity index (χ2v) is 6.51. The van der Waals surface area contributed by atoms with Gasteiger partial charge < -0.3 is 14.8 Å². The summed E-state index contributed by atoms with van der Waals surface area (Å²) >= 11 is 0. The number of carbonyl (C=O) groups is 1. The summed E-state index contributed by atoms with van der Waals surface area (Å²) in [6, 6.07) is 4.84. The summed E-state index contributed by atoms with van der Waals surface area (Å²) in [6.07, 6.45) is -2.44. The average Bonchev–Trinajstić information content (AvgIpc) is 2.42. The lowest BCUT2D eigenvalue weighted by atomic mass is 9.94. The number of quaternary nitrogens is 1. The Balaban J connectivity index is 1.89. The first kappa shape index (κ1) is 16.7. The number of rotatable bonds is 3. The van der Waals surface area contributed by atoms with E-state index in [0.717, 1.165) is 11.1 Å². The average molecular weight is 314 g/mol. The van der Waals surface area contributed by atoms with Gasteiger partial charge in [-0.1, -0.05) is 12.1 Å². The molecule has 0 aromatic heterocycles. The van der Waals surface area contributed by atoms with Gasteiger partial charge in [0.15, 0.2) is 0 Å². The predicted octanol–water partition coefficient (Wildman–Crippen LogP) is 2.56. The smallest absolute Gasteiger partial charge is 0.429 e. The molecule has 1 aromatic carbocycles. The minimum Gasteiger partial charge on any atom is -0.429 e. The van der Waals surface area contributed by atoms with Crippen LogP contribution in [0.3, 0.4) is 0 Å². The van der Waals surface area contributed by atoms with Crippen molar-refractivity contribution < 1.29 is 28.4 Å². The van der Waals surface area contributed by atoms with Crippen LogP contribution in [0.15, 0.2) is 18.2 Å². The number of alkyl halides is 2. The van der Waals surface area contributed by atoms with E-state index in [0.29, 0.717) is 13.0 Å². The quantitative estimate of drug-likeness (QED) is 0.873. The van der Waals surface area contributed by atoms with Crippen molar-refractivity contribution in [2.75, 3.05) is 6.61 Å². The Labute approximate surface area is 128 Å². The summed E-state index contributed by atoms with van der Waals surface area (Å²) in [6.45, 7) is 6.18. The van der Waals surface area contributed by atoms with E-state index < -0.39 is 18.2 Å². The van der Waals surface area contributed by atoms with Crippen LogP contribution in [0.4, 0.5) is 13.6 Å². The van der Waals surface area contributed by atoms with Crippen LogP contribution < -0.4 is 5.32 Å². The van der Waals surface area contributed by atoms with Crippen molar-refractivity contribution in [3.63, 3.8) is 0 Å². The maximum Gasteiger partial charge on any atom is 0.509 e. The van der Waals surface area contributed by atoms with Crippen LogP contribution in [0.2, 0.25) is 0 Å². The van der Waals surface area contributed by atoms with Crippen molar-refractivity contribution in [2.24, 2.45) is 0 Å². The SMILES string of the molecule is CC(C)(C)OC(=O)OC[C@@H]1Cc2ccc(C(F)F)cc2C[NH2+]1. The maximum atomic E-state index is 12.7. The fourth-order valence-corrected chi connectivity index (χ4v) is 2.41. The maximum absolute atomic E-state index is 12.7. The molecule has 0 amide bonds. The van der Waals surface area contributed by atoms with Gasteiger partial charge in [-0.25, -0.2) is 13.6 Å². The van der Waals surface area contributed by atoms with E-state index in [1.165, 1.54) is 6.07 Å². The second kappa shape index (κ2) is 6.60. The molecule has 2 N–H and O–H groups in total. The lowest BCUT2D eigenvalue weighted by molar-refractivity contribution is -0.708. The normalized spacial score (nSPS) is 18.0. The minimum atomic E-state index is -2.45. The van der Waals surface area contributed by atoms with Crippen molar-refractivity contribution in [1.82, 2.24) is 0 Å². The van der Waals surface area contributed by atoms with Crippen LogP contribution in [0, 0.1) is 0 Å². The molecule has 2 rings (SSSR count). The van der Waals surface area contributed by atoms with E-state index in [1.54, 1.807) is 32.9 Å². The van der Waals surface area contributed by atoms with Gasteiger partial charge >= 0.3 is 6.16 Å². The van der Waals surface area contributed by atoms with E-state index in [2.05, 4.69) is 0 Å². The molecule has 0 saturated heterocycles. The molecule has 0 fully saturated rings. The van der Waals surface area contributed by atoms with Gasteiger partial charge in [0.25, 0.3) is 6.43 Å². The third-order valence-corrected chi connectivity index (χ3v) is 3.44. The van der Waals surface area contributed by atoms with E-state index in [1.807, 2.05) is 5.32 Å². The van der Waals surface area contributed by atoms with Gasteiger partial charge in [-0.3, -0.25) is 0 Å². The lowest BCUT2D eigenvalue weighted by Crippen LogP contribution is -2.91. The summed E-state index contributed by atoms with van der Waals surface area (Å²) in [5.74, 6) is 0. The summed E-state index contributed by atoms with van der Waals surface area (Å²) in [5, 5.41) is 2.00. The Morgan fingerprint density at radius 3 is 2.73 bits per heavy atom. The first-order chi connectivity index (χ1) is 10.2. The molecule has 1 atom stereocenters. The molecule has 22 heavy (non-hydrogen) atoms. The molecule has 1 heterocycles. The number of hydrogen-bond donors (Lipinski definition) is 1. The highest BCUT2D eigenvalue weighted by Gasteiger charge is 2.25. The van der Waals surface area contributed by atoms with Gasteiger partial charge in [0.1, 0.15) is 24.8 Å². The van der Waals surface area contributed by atoms with E-state index >= 15 is 0 Å². The van der Waals surface area contributed by atoms with Crippen LogP contribution in [0.25, 0.3) is 0 Å². The molecular formula is C16H22F2NO3+. The third-order valence-electron chi connectivity index (χ3n) is 3.44. The van der Waals surface area contributed by atoms with Crippen LogP contribution in [-0.2, 0) is 22.4 Å². The van der Waals surface area contributed by atoms with Crippen molar-refractivity contribution in [2.45, 2.75) is 51.8 Å². The Bertz CT molecular complexity index is 541. The van der Waals surface area contributed by atoms with Crippen molar-refractivity contribution in [3.8, 4) is 0 Å². The van der Waals surface area contributed by atoms with Crippen LogP contribution in [0.5, 0.6) is 0 Å². The molecule has 1 aliphatic rings. The number of nitrogens with two attached hydrogens (primary N) is 1. The largest absolute Gasteiger partial charge is 0.509 e. The van der Waals surface area contributed by atoms with Crippen LogP contribution in [0.1, 0.15) is 43.9 Å². The molecule has 1 aliphatic heterocycles. The molecule has 0 bridgehead atoms. The summed E-state index contributed by atoms with van der Waals surface area (Å²) in [5.41, 5.74) is 1.43. The zero-order chi connectivity index (χ0) is 16.3. The molecule has 0 radical (unpaired) electrons. The van der Waals surface area contributed by atoms with Crippen molar-refractivity contribution >= 4 is 6.16 Å². The molecule has 0 spiro atoms. The van der Waals surface area contributed by atoms with Gasteiger partial charge in [0.05, 0.1) is 0 Å². The number of fused-ring (bicyclic) bond motifs is 1. The summed E-state index contributed by atoms with van der Waals surface area (Å²) in [7, 11) is 0. The third kappa shape index (κ3) is 4.66. The highest BCUT2D eigenvalue weighted by molar-refractivity contribution is 5.60. The first-order valence-corrected chi connectivity index (χ1v) is 7.33. The molecule has 122 valence electrons. The fraction of sp³-hybridized carbons (Fsp3) is 0.562. The second-order valence-electron chi connectivity index (χ2n) is 6.51. The van der Waals surface area contributed by atoms with Crippen molar-refractivity contribution in [1.29, 1.82) is 0 Å². The Morgan fingerprint density at radius 2 is 2.09 bits per heavy atom. The lowest BCUT2D eigenvalue weighted by Gasteiger charge is -2.24. The number of ether oxygens (including phenoxy) is 2. The highest BCUT2D eigenvalue weighted by atomic mass is 19.3. The molecule has 4 nitrogen and oxygen atoms in total. The Kier molecular flexibility index (Phi) is 5.01. The van der Waals surface area contributed by atoms with Gasteiger partial charge in [-0.15, -0.1) is 0 Å². The first-order valence-electron chi connectivity index (χ1n) is 7.33. The topological polar surface area (TPSA) is 52.1 Å². The zero-order valence-electron chi connectivity index (χ0n) is 13.1. The van der Waals surface area contributed by atoms with E-state index in [4.69, 9.17) is 9.47 Å². The Hall–Kier alpha value is -1.69. The van der Waals surface area contributed by atoms with Crippen molar-refractivity contribution in [3.05, 3.63) is 34.9 Å². The summed E-state index contributed by atoms with van der Waals surface area (Å²) < 4.78 is 35.6. The molecular weight excluding hydrogens is 292 g/mol. The van der Waals surface area contributed by atoms with Crippen LogP contribution in [-0.4, -0.2) is 24.4 Å². The Morgan fingerprint density at radius 1 is 1.36 bits per heavy atom. The number of hydrogen-bond acceptors (Lipinski definition) is 3. The zero-order valence-corrected chi connectivity index (χ0v) is 13.1. The van der Waals surface area contributed by atoms with Crippen LogP contribution >= 0.6 is 0 Å². The van der Waals surface area contributed by atoms with E-state index in [-0.39, 0.29) is 18.2 Å². The monoisotopic (exact) mass is 314 g/mol. The predicted molar refractivity (Wildman–Crippen MR) is 76.7 cm³/mol. The molecule has 6 heteroatoms. The standard InChI is InChI=1S/C16H21F2NO3/c1-16(2,3)22-15(20)21-9-13-7-10-4-5-11(14(17)18)6-12(10)8-19-13/h4-6,13-14,19H,7-9H2,1-3H3/p+1/t13-/m0/s1. The molecule has 0 saturated carbocycles. The number of halogens is 2. The molecule has 0 aliphatic carbocycles. The van der Waals surface area contributed by atoms with Gasteiger partial charge in [-0.2, -0.15) is 0 Å². The summed E-state index contributed by atoms with van der Waals surface area (Å²) in [4.78, 5) is 11.5. The van der Waals surface area contributed by atoms with E-state index in [9.17, 15) is 13.6 Å². The number of carbonyl (C=O) groups excluding carboxylic acids is 1. The molecule has 0 unspecified atom stereocenters. The van der Waals surface area contributed by atoms with Gasteiger partial charge in [0.2, 0.25) is 0 Å². The minimum absolute atomic E-state index is 0.0515. The van der Waals surface area contributed by atoms with Gasteiger partial charge in [-0.05, 0) is 32.4 Å². The fourth-order valence-electron chi connectivity index (χ4n) is 2.41. The molecule has 1 aromatic rings. The highest BCUT2D eigenvalue weighted by Crippen LogP contribution is 2.23. The number of benzene rings is 1.